The molecule has 0 atom stereocenters. The van der Waals surface area contributed by atoms with Crippen LogP contribution in [0.1, 0.15) is 25.7 Å². The highest BCUT2D eigenvalue weighted by molar-refractivity contribution is 7.99. The molecule has 18 heavy (non-hydrogen) atoms. The first-order chi connectivity index (χ1) is 8.47. The van der Waals surface area contributed by atoms with Crippen LogP contribution in [0, 0.1) is 5.92 Å². The largest absolute Gasteiger partial charge is 0.398 e. The predicted octanol–water partition coefficient (Wildman–Crippen LogP) is 2.20. The second-order valence-corrected chi connectivity index (χ2v) is 7.33. The number of nitrogen functional groups attached to an aromatic ring is 1. The number of nitrogens with two attached hydrogens (primary N) is 2. The Morgan fingerprint density at radius 1 is 1.28 bits per heavy atom. The van der Waals surface area contributed by atoms with Gasteiger partial charge in [-0.2, -0.15) is 0 Å². The van der Waals surface area contributed by atoms with Crippen molar-refractivity contribution in [2.75, 3.05) is 11.5 Å². The monoisotopic (exact) mass is 286 g/mol. The van der Waals surface area contributed by atoms with E-state index in [9.17, 15) is 8.42 Å². The number of rotatable bonds is 4. The van der Waals surface area contributed by atoms with Gasteiger partial charge in [0.15, 0.2) is 0 Å². The lowest BCUT2D eigenvalue weighted by Crippen LogP contribution is -2.12. The van der Waals surface area contributed by atoms with E-state index in [1.54, 1.807) is 17.8 Å². The number of primary sulfonamides is 1. The molecule has 0 bridgehead atoms. The summed E-state index contributed by atoms with van der Waals surface area (Å²) >= 11 is 1.70. The Kier molecular flexibility index (Phi) is 4.19. The van der Waals surface area contributed by atoms with E-state index in [-0.39, 0.29) is 4.90 Å². The van der Waals surface area contributed by atoms with Gasteiger partial charge in [0.25, 0.3) is 0 Å². The fraction of sp³-hybridized carbons (Fsp3) is 0.500. The van der Waals surface area contributed by atoms with E-state index in [1.807, 2.05) is 0 Å². The molecule has 1 saturated carbocycles. The van der Waals surface area contributed by atoms with Crippen molar-refractivity contribution < 1.29 is 8.42 Å². The summed E-state index contributed by atoms with van der Waals surface area (Å²) in [5, 5.41) is 5.06. The van der Waals surface area contributed by atoms with E-state index in [0.717, 1.165) is 16.6 Å². The summed E-state index contributed by atoms with van der Waals surface area (Å²) in [4.78, 5) is 1.01. The minimum atomic E-state index is -3.66. The lowest BCUT2D eigenvalue weighted by molar-refractivity contribution is 0.597. The Labute approximate surface area is 112 Å². The zero-order valence-corrected chi connectivity index (χ0v) is 11.8. The molecule has 0 heterocycles. The first kappa shape index (κ1) is 13.7. The third-order valence-corrected chi connectivity index (χ3v) is 5.49. The standard InChI is InChI=1S/C12H18N2O2S2/c13-11-7-10(18(14,15)16)5-6-12(11)17-8-9-3-1-2-4-9/h5-7,9H,1-4,8,13H2,(H2,14,15,16). The summed E-state index contributed by atoms with van der Waals surface area (Å²) in [6.45, 7) is 0. The predicted molar refractivity (Wildman–Crippen MR) is 74.9 cm³/mol. The molecule has 4 N–H and O–H groups in total. The number of thioether (sulfide) groups is 1. The van der Waals surface area contributed by atoms with E-state index < -0.39 is 10.0 Å². The van der Waals surface area contributed by atoms with Crippen LogP contribution in [0.25, 0.3) is 0 Å². The number of anilines is 1. The lowest BCUT2D eigenvalue weighted by atomic mass is 10.1. The van der Waals surface area contributed by atoms with Crippen molar-refractivity contribution in [1.82, 2.24) is 0 Å². The highest BCUT2D eigenvalue weighted by atomic mass is 32.2. The van der Waals surface area contributed by atoms with Gasteiger partial charge >= 0.3 is 0 Å². The number of hydrogen-bond acceptors (Lipinski definition) is 4. The van der Waals surface area contributed by atoms with E-state index in [0.29, 0.717) is 5.69 Å². The van der Waals surface area contributed by atoms with Crippen molar-refractivity contribution in [2.24, 2.45) is 11.1 Å². The minimum Gasteiger partial charge on any atom is -0.398 e. The Hall–Kier alpha value is -0.720. The van der Waals surface area contributed by atoms with Crippen LogP contribution in [0.2, 0.25) is 0 Å². The van der Waals surface area contributed by atoms with Gasteiger partial charge in [-0.25, -0.2) is 13.6 Å². The molecule has 0 aromatic heterocycles. The normalized spacial score (nSPS) is 17.2. The fourth-order valence-electron chi connectivity index (χ4n) is 2.22. The van der Waals surface area contributed by atoms with Crippen LogP contribution in [0.5, 0.6) is 0 Å². The average molecular weight is 286 g/mol. The SMILES string of the molecule is Nc1cc(S(N)(=O)=O)ccc1SCC1CCCC1. The maximum atomic E-state index is 11.2. The van der Waals surface area contributed by atoms with Gasteiger partial charge in [0.1, 0.15) is 0 Å². The summed E-state index contributed by atoms with van der Waals surface area (Å²) in [7, 11) is -3.66. The van der Waals surface area contributed by atoms with Gasteiger partial charge in [-0.05, 0) is 37.0 Å². The smallest absolute Gasteiger partial charge is 0.238 e. The average Bonchev–Trinajstić information content (AvgIpc) is 2.79. The maximum Gasteiger partial charge on any atom is 0.238 e. The van der Waals surface area contributed by atoms with E-state index in [2.05, 4.69) is 0 Å². The summed E-state index contributed by atoms with van der Waals surface area (Å²) in [6, 6.07) is 4.70. The highest BCUT2D eigenvalue weighted by Gasteiger charge is 2.16. The summed E-state index contributed by atoms with van der Waals surface area (Å²) < 4.78 is 22.4. The van der Waals surface area contributed by atoms with Gasteiger partial charge in [-0.1, -0.05) is 12.8 Å². The van der Waals surface area contributed by atoms with Crippen molar-refractivity contribution in [3.05, 3.63) is 18.2 Å². The molecule has 0 spiro atoms. The van der Waals surface area contributed by atoms with Crippen molar-refractivity contribution >= 4 is 27.5 Å². The molecule has 1 aromatic carbocycles. The van der Waals surface area contributed by atoms with Gasteiger partial charge in [0.2, 0.25) is 10.0 Å². The second-order valence-electron chi connectivity index (χ2n) is 4.71. The fourth-order valence-corrected chi connectivity index (χ4v) is 3.91. The molecule has 1 fully saturated rings. The van der Waals surface area contributed by atoms with Crippen LogP contribution < -0.4 is 10.9 Å². The molecule has 4 nitrogen and oxygen atoms in total. The van der Waals surface area contributed by atoms with Gasteiger partial charge in [-0.3, -0.25) is 0 Å². The third kappa shape index (κ3) is 3.40. The van der Waals surface area contributed by atoms with Crippen molar-refractivity contribution in [1.29, 1.82) is 0 Å². The molecule has 1 aliphatic rings. The molecular formula is C12H18N2O2S2. The van der Waals surface area contributed by atoms with Crippen molar-refractivity contribution in [3.8, 4) is 0 Å². The van der Waals surface area contributed by atoms with Gasteiger partial charge in [0.05, 0.1) is 4.90 Å². The van der Waals surface area contributed by atoms with E-state index in [1.165, 1.54) is 37.8 Å². The molecule has 0 radical (unpaired) electrons. The third-order valence-electron chi connectivity index (χ3n) is 3.26. The number of hydrogen-bond donors (Lipinski definition) is 2. The second kappa shape index (κ2) is 5.50. The van der Waals surface area contributed by atoms with Crippen molar-refractivity contribution in [3.63, 3.8) is 0 Å². The minimum absolute atomic E-state index is 0.0743. The van der Waals surface area contributed by atoms with Crippen molar-refractivity contribution in [2.45, 2.75) is 35.5 Å². The zero-order chi connectivity index (χ0) is 13.2. The molecule has 100 valence electrons. The molecule has 0 aliphatic heterocycles. The molecule has 0 amide bonds. The van der Waals surface area contributed by atoms with Crippen LogP contribution >= 0.6 is 11.8 Å². The van der Waals surface area contributed by atoms with Crippen LogP contribution in [-0.2, 0) is 10.0 Å². The molecule has 0 saturated heterocycles. The number of benzene rings is 1. The molecule has 1 aliphatic carbocycles. The molecule has 0 unspecified atom stereocenters. The topological polar surface area (TPSA) is 86.2 Å². The highest BCUT2D eigenvalue weighted by Crippen LogP contribution is 2.33. The number of sulfonamides is 1. The molecule has 6 heteroatoms. The molecular weight excluding hydrogens is 268 g/mol. The maximum absolute atomic E-state index is 11.2. The Morgan fingerprint density at radius 2 is 1.94 bits per heavy atom. The first-order valence-corrected chi connectivity index (χ1v) is 8.55. The Balaban J connectivity index is 2.05. The van der Waals surface area contributed by atoms with Gasteiger partial charge in [-0.15, -0.1) is 11.8 Å². The van der Waals surface area contributed by atoms with Crippen LogP contribution in [0.15, 0.2) is 28.0 Å². The van der Waals surface area contributed by atoms with Crippen LogP contribution in [0.4, 0.5) is 5.69 Å². The Morgan fingerprint density at radius 3 is 2.50 bits per heavy atom. The lowest BCUT2D eigenvalue weighted by Gasteiger charge is -2.10. The van der Waals surface area contributed by atoms with Crippen LogP contribution in [0.3, 0.4) is 0 Å². The Bertz CT molecular complexity index is 523. The first-order valence-electron chi connectivity index (χ1n) is 6.02. The van der Waals surface area contributed by atoms with Gasteiger partial charge < -0.3 is 5.73 Å². The van der Waals surface area contributed by atoms with Crippen LogP contribution in [-0.4, -0.2) is 14.2 Å². The zero-order valence-electron chi connectivity index (χ0n) is 10.1. The van der Waals surface area contributed by atoms with Gasteiger partial charge in [0, 0.05) is 16.3 Å². The molecule has 2 rings (SSSR count). The summed E-state index contributed by atoms with van der Waals surface area (Å²) in [5.41, 5.74) is 6.35. The van der Waals surface area contributed by atoms with E-state index >= 15 is 0 Å². The summed E-state index contributed by atoms with van der Waals surface area (Å²) in [5.74, 6) is 1.83. The summed E-state index contributed by atoms with van der Waals surface area (Å²) in [6.07, 6.45) is 5.24. The quantitative estimate of drug-likeness (QED) is 0.656. The van der Waals surface area contributed by atoms with E-state index in [4.69, 9.17) is 10.9 Å². The molecule has 1 aromatic rings.